The molecule has 0 aliphatic carbocycles. The van der Waals surface area contributed by atoms with Crippen molar-refractivity contribution < 1.29 is 4.79 Å². The van der Waals surface area contributed by atoms with Gasteiger partial charge in [-0.3, -0.25) is 4.79 Å². The van der Waals surface area contributed by atoms with E-state index in [1.54, 1.807) is 18.2 Å². The van der Waals surface area contributed by atoms with Crippen molar-refractivity contribution in [3.8, 4) is 0 Å². The minimum absolute atomic E-state index is 0.0393. The predicted molar refractivity (Wildman–Crippen MR) is 78.5 cm³/mol. The molecule has 1 aliphatic rings. The number of carbonyl (C=O) groups is 1. The Morgan fingerprint density at radius 1 is 1.39 bits per heavy atom. The summed E-state index contributed by atoms with van der Waals surface area (Å²) < 4.78 is 0.788. The van der Waals surface area contributed by atoms with Crippen LogP contribution in [0.1, 0.15) is 23.2 Å². The molecule has 0 N–H and O–H groups in total. The maximum atomic E-state index is 12.4. The topological polar surface area (TPSA) is 20.3 Å². The first-order chi connectivity index (χ1) is 8.61. The Hall–Kier alpha value is -0.250. The molecule has 0 spiro atoms. The van der Waals surface area contributed by atoms with Gasteiger partial charge in [-0.05, 0) is 52.9 Å². The van der Waals surface area contributed by atoms with Crippen molar-refractivity contribution in [2.75, 3.05) is 19.0 Å². The highest BCUT2D eigenvalue weighted by molar-refractivity contribution is 9.10. The van der Waals surface area contributed by atoms with Crippen molar-refractivity contribution in [1.29, 1.82) is 0 Å². The zero-order valence-electron chi connectivity index (χ0n) is 9.83. The summed E-state index contributed by atoms with van der Waals surface area (Å²) >= 11 is 15.2. The summed E-state index contributed by atoms with van der Waals surface area (Å²) in [4.78, 5) is 14.2. The van der Waals surface area contributed by atoms with E-state index in [-0.39, 0.29) is 5.91 Å². The van der Waals surface area contributed by atoms with Gasteiger partial charge in [-0.25, -0.2) is 0 Å². The highest BCUT2D eigenvalue weighted by Gasteiger charge is 2.24. The molecule has 0 bridgehead atoms. The van der Waals surface area contributed by atoms with Crippen LogP contribution >= 0.6 is 39.1 Å². The van der Waals surface area contributed by atoms with Crippen molar-refractivity contribution >= 4 is 45.0 Å². The largest absolute Gasteiger partial charge is 0.339 e. The Kier molecular flexibility index (Phi) is 4.93. The molecule has 1 aliphatic heterocycles. The molecule has 1 aromatic rings. The van der Waals surface area contributed by atoms with Gasteiger partial charge < -0.3 is 4.90 Å². The number of nitrogens with zero attached hydrogens (tertiary/aromatic N) is 1. The third kappa shape index (κ3) is 3.19. The lowest BCUT2D eigenvalue weighted by Crippen LogP contribution is -2.39. The van der Waals surface area contributed by atoms with Gasteiger partial charge in [0.05, 0.1) is 5.56 Å². The number of rotatable bonds is 2. The molecule has 0 saturated carbocycles. The molecule has 0 unspecified atom stereocenters. The predicted octanol–water partition coefficient (Wildman–Crippen LogP) is 4.19. The summed E-state index contributed by atoms with van der Waals surface area (Å²) in [6, 6.07) is 5.28. The van der Waals surface area contributed by atoms with E-state index in [9.17, 15) is 4.79 Å². The summed E-state index contributed by atoms with van der Waals surface area (Å²) in [5.41, 5.74) is 0.631. The van der Waals surface area contributed by atoms with Crippen molar-refractivity contribution in [1.82, 2.24) is 4.90 Å². The van der Waals surface area contributed by atoms with Gasteiger partial charge in [-0.15, -0.1) is 11.6 Å². The van der Waals surface area contributed by atoms with Crippen molar-refractivity contribution in [2.24, 2.45) is 5.92 Å². The molecular weight excluding hydrogens is 337 g/mol. The van der Waals surface area contributed by atoms with Gasteiger partial charge in [0.25, 0.3) is 5.91 Å². The second-order valence-corrected chi connectivity index (χ2v) is 6.11. The summed E-state index contributed by atoms with van der Waals surface area (Å²) in [5, 5.41) is 0.581. The maximum absolute atomic E-state index is 12.4. The van der Waals surface area contributed by atoms with Crippen LogP contribution in [0.25, 0.3) is 0 Å². The fourth-order valence-electron chi connectivity index (χ4n) is 2.12. The SMILES string of the molecule is O=C(c1cc(Cl)ccc1Br)N1CCC(CCl)CC1. The first kappa shape index (κ1) is 14.2. The molecule has 1 heterocycles. The highest BCUT2D eigenvalue weighted by atomic mass is 79.9. The number of carbonyl (C=O) groups excluding carboxylic acids is 1. The fourth-order valence-corrected chi connectivity index (χ4v) is 3.02. The molecule has 0 radical (unpaired) electrons. The van der Waals surface area contributed by atoms with E-state index in [2.05, 4.69) is 15.9 Å². The van der Waals surface area contributed by atoms with Crippen LogP contribution in [0.4, 0.5) is 0 Å². The molecule has 98 valence electrons. The minimum atomic E-state index is 0.0393. The summed E-state index contributed by atoms with van der Waals surface area (Å²) in [5.74, 6) is 1.26. The minimum Gasteiger partial charge on any atom is -0.339 e. The number of alkyl halides is 1. The zero-order valence-corrected chi connectivity index (χ0v) is 12.9. The Labute approximate surface area is 125 Å². The monoisotopic (exact) mass is 349 g/mol. The number of halogens is 3. The van der Waals surface area contributed by atoms with E-state index in [0.29, 0.717) is 22.4 Å². The zero-order chi connectivity index (χ0) is 13.1. The van der Waals surface area contributed by atoms with E-state index < -0.39 is 0 Å². The first-order valence-electron chi connectivity index (χ1n) is 5.92. The third-order valence-electron chi connectivity index (χ3n) is 3.28. The number of hydrogen-bond acceptors (Lipinski definition) is 1. The number of hydrogen-bond donors (Lipinski definition) is 0. The van der Waals surface area contributed by atoms with Crippen LogP contribution in [-0.4, -0.2) is 29.8 Å². The van der Waals surface area contributed by atoms with Crippen LogP contribution in [-0.2, 0) is 0 Å². The lowest BCUT2D eigenvalue weighted by atomic mass is 9.98. The summed E-state index contributed by atoms with van der Waals surface area (Å²) in [6.45, 7) is 1.55. The van der Waals surface area contributed by atoms with Crippen LogP contribution < -0.4 is 0 Å². The third-order valence-corrected chi connectivity index (χ3v) is 4.64. The van der Waals surface area contributed by atoms with Gasteiger partial charge in [0, 0.05) is 28.5 Å². The summed E-state index contributed by atoms with van der Waals surface area (Å²) in [7, 11) is 0. The number of amides is 1. The number of piperidine rings is 1. The quantitative estimate of drug-likeness (QED) is 0.732. The Bertz CT molecular complexity index is 445. The molecule has 1 amide bonds. The van der Waals surface area contributed by atoms with E-state index in [1.807, 2.05) is 4.90 Å². The fraction of sp³-hybridized carbons (Fsp3) is 0.462. The number of benzene rings is 1. The molecule has 18 heavy (non-hydrogen) atoms. The standard InChI is InChI=1S/C13H14BrCl2NO/c14-12-2-1-10(16)7-11(12)13(18)17-5-3-9(8-15)4-6-17/h1-2,7,9H,3-6,8H2. The second kappa shape index (κ2) is 6.27. The summed E-state index contributed by atoms with van der Waals surface area (Å²) in [6.07, 6.45) is 1.96. The average Bonchev–Trinajstić information content (AvgIpc) is 2.41. The molecule has 1 aromatic carbocycles. The lowest BCUT2D eigenvalue weighted by Gasteiger charge is -2.31. The van der Waals surface area contributed by atoms with Crippen LogP contribution in [0.2, 0.25) is 5.02 Å². The van der Waals surface area contributed by atoms with E-state index in [1.165, 1.54) is 0 Å². The highest BCUT2D eigenvalue weighted by Crippen LogP contribution is 2.25. The Morgan fingerprint density at radius 3 is 2.67 bits per heavy atom. The molecule has 2 rings (SSSR count). The van der Waals surface area contributed by atoms with E-state index >= 15 is 0 Å². The van der Waals surface area contributed by atoms with Crippen LogP contribution in [0.3, 0.4) is 0 Å². The first-order valence-corrected chi connectivity index (χ1v) is 7.62. The second-order valence-electron chi connectivity index (χ2n) is 4.51. The van der Waals surface area contributed by atoms with Gasteiger partial charge in [0.15, 0.2) is 0 Å². The van der Waals surface area contributed by atoms with Crippen LogP contribution in [0.5, 0.6) is 0 Å². The molecule has 1 saturated heterocycles. The normalized spacial score (nSPS) is 16.9. The van der Waals surface area contributed by atoms with Crippen molar-refractivity contribution in [3.63, 3.8) is 0 Å². The Balaban J connectivity index is 2.10. The molecule has 2 nitrogen and oxygen atoms in total. The van der Waals surface area contributed by atoms with E-state index in [4.69, 9.17) is 23.2 Å². The van der Waals surface area contributed by atoms with E-state index in [0.717, 1.165) is 30.4 Å². The van der Waals surface area contributed by atoms with Crippen molar-refractivity contribution in [2.45, 2.75) is 12.8 Å². The average molecular weight is 351 g/mol. The van der Waals surface area contributed by atoms with Crippen LogP contribution in [0, 0.1) is 5.92 Å². The molecule has 0 aromatic heterocycles. The molecular formula is C13H14BrCl2NO. The molecule has 0 atom stereocenters. The van der Waals surface area contributed by atoms with Gasteiger partial charge in [-0.1, -0.05) is 11.6 Å². The maximum Gasteiger partial charge on any atom is 0.255 e. The van der Waals surface area contributed by atoms with Gasteiger partial charge >= 0.3 is 0 Å². The molecule has 5 heteroatoms. The molecule has 1 fully saturated rings. The lowest BCUT2D eigenvalue weighted by molar-refractivity contribution is 0.0697. The number of likely N-dealkylation sites (tertiary alicyclic amines) is 1. The van der Waals surface area contributed by atoms with Crippen LogP contribution in [0.15, 0.2) is 22.7 Å². The van der Waals surface area contributed by atoms with Gasteiger partial charge in [0.1, 0.15) is 0 Å². The Morgan fingerprint density at radius 2 is 2.06 bits per heavy atom. The smallest absolute Gasteiger partial charge is 0.255 e. The van der Waals surface area contributed by atoms with Gasteiger partial charge in [-0.2, -0.15) is 0 Å². The van der Waals surface area contributed by atoms with Gasteiger partial charge in [0.2, 0.25) is 0 Å². The van der Waals surface area contributed by atoms with Crippen molar-refractivity contribution in [3.05, 3.63) is 33.3 Å².